The van der Waals surface area contributed by atoms with Gasteiger partial charge in [0.05, 0.1) is 18.8 Å². The summed E-state index contributed by atoms with van der Waals surface area (Å²) in [5, 5.41) is 2.61. The number of aromatic nitrogens is 1. The Morgan fingerprint density at radius 1 is 1.15 bits per heavy atom. The van der Waals surface area contributed by atoms with Crippen molar-refractivity contribution in [1.82, 2.24) is 10.3 Å². The Bertz CT molecular complexity index is 1170. The second-order valence-corrected chi connectivity index (χ2v) is 7.91. The number of nitrogens with one attached hydrogen (secondary N) is 1. The lowest BCUT2D eigenvalue weighted by atomic mass is 10.0. The normalized spacial score (nSPS) is 14.8. The van der Waals surface area contributed by atoms with Gasteiger partial charge in [-0.25, -0.2) is 13.6 Å². The van der Waals surface area contributed by atoms with Crippen molar-refractivity contribution in [2.45, 2.75) is 26.9 Å². The molecule has 3 N–H and O–H groups in total. The van der Waals surface area contributed by atoms with Crippen LogP contribution in [0.5, 0.6) is 0 Å². The molecule has 0 aliphatic carbocycles. The number of amides is 2. The van der Waals surface area contributed by atoms with E-state index in [4.69, 9.17) is 10.5 Å². The summed E-state index contributed by atoms with van der Waals surface area (Å²) in [6.07, 6.45) is -1.01. The molecule has 0 bridgehead atoms. The van der Waals surface area contributed by atoms with Crippen molar-refractivity contribution in [3.63, 3.8) is 0 Å². The van der Waals surface area contributed by atoms with E-state index in [9.17, 15) is 18.4 Å². The topological polar surface area (TPSA) is 97.5 Å². The molecule has 1 saturated heterocycles. The molecule has 1 atom stereocenters. The summed E-state index contributed by atoms with van der Waals surface area (Å²) in [4.78, 5) is 28.7. The van der Waals surface area contributed by atoms with Gasteiger partial charge >= 0.3 is 6.09 Å². The molecule has 0 saturated carbocycles. The number of halogens is 2. The van der Waals surface area contributed by atoms with Crippen LogP contribution in [-0.4, -0.2) is 36.2 Å². The van der Waals surface area contributed by atoms with Crippen LogP contribution in [0.3, 0.4) is 0 Å². The number of carbonyl (C=O) groups is 2. The van der Waals surface area contributed by atoms with E-state index >= 15 is 0 Å². The fraction of sp³-hybridized carbons (Fsp3) is 0.240. The van der Waals surface area contributed by atoms with Crippen LogP contribution < -0.4 is 16.0 Å². The number of benzene rings is 2. The van der Waals surface area contributed by atoms with Crippen molar-refractivity contribution in [3.8, 4) is 11.1 Å². The van der Waals surface area contributed by atoms with Crippen molar-refractivity contribution in [2.75, 3.05) is 23.7 Å². The zero-order valence-electron chi connectivity index (χ0n) is 19.1. The Labute approximate surface area is 196 Å². The summed E-state index contributed by atoms with van der Waals surface area (Å²) in [5.74, 6) is -0.909. The molecule has 2 amide bonds. The molecule has 2 aromatic carbocycles. The minimum absolute atomic E-state index is 0.196. The van der Waals surface area contributed by atoms with Gasteiger partial charge in [0, 0.05) is 29.6 Å². The molecule has 3 aromatic rings. The quantitative estimate of drug-likeness (QED) is 0.554. The molecule has 4 rings (SSSR count). The van der Waals surface area contributed by atoms with Gasteiger partial charge in [0.2, 0.25) is 5.91 Å². The molecule has 2 heterocycles. The molecular weight excluding hydrogens is 442 g/mol. The number of cyclic esters (lactones) is 1. The predicted molar refractivity (Wildman–Crippen MR) is 126 cm³/mol. The Hall–Kier alpha value is -4.01. The lowest BCUT2D eigenvalue weighted by Crippen LogP contribution is -2.33. The maximum absolute atomic E-state index is 14.7. The highest BCUT2D eigenvalue weighted by Gasteiger charge is 2.32. The maximum atomic E-state index is 14.7. The second-order valence-electron chi connectivity index (χ2n) is 7.91. The standard InChI is InChI=1S/C19H20FN3O3.C6H6FN/c1-11-6-14(7-12(2)22-11)17-5-4-15(8-18(17)20)23-10-16(26-19(23)25)9-21-13(3)24;7-5-2-1-3-6(8)4-5/h4-8,16H,9-10H2,1-3H3,(H,21,24);1-4H,8H2. The van der Waals surface area contributed by atoms with Crippen LogP contribution >= 0.6 is 0 Å². The number of carbonyl (C=O) groups excluding carboxylic acids is 2. The number of aryl methyl sites for hydroxylation is 2. The molecule has 1 aliphatic heterocycles. The summed E-state index contributed by atoms with van der Waals surface area (Å²) in [7, 11) is 0. The monoisotopic (exact) mass is 468 g/mol. The van der Waals surface area contributed by atoms with Crippen molar-refractivity contribution in [1.29, 1.82) is 0 Å². The fourth-order valence-corrected chi connectivity index (χ4v) is 3.50. The van der Waals surface area contributed by atoms with E-state index in [1.54, 1.807) is 24.3 Å². The van der Waals surface area contributed by atoms with Gasteiger partial charge in [-0.05, 0) is 67.9 Å². The van der Waals surface area contributed by atoms with E-state index in [0.717, 1.165) is 17.0 Å². The predicted octanol–water partition coefficient (Wildman–Crippen LogP) is 4.37. The van der Waals surface area contributed by atoms with E-state index in [1.807, 2.05) is 26.0 Å². The van der Waals surface area contributed by atoms with E-state index in [1.165, 1.54) is 30.0 Å². The molecule has 178 valence electrons. The average Bonchev–Trinajstić information content (AvgIpc) is 3.12. The molecule has 0 spiro atoms. The largest absolute Gasteiger partial charge is 0.442 e. The van der Waals surface area contributed by atoms with Gasteiger partial charge in [0.25, 0.3) is 0 Å². The van der Waals surface area contributed by atoms with Gasteiger partial charge in [-0.3, -0.25) is 14.7 Å². The molecular formula is C25H26F2N4O3. The minimum Gasteiger partial charge on any atom is -0.442 e. The lowest BCUT2D eigenvalue weighted by molar-refractivity contribution is -0.119. The number of rotatable bonds is 4. The number of anilines is 2. The first-order valence-corrected chi connectivity index (χ1v) is 10.6. The molecule has 1 aromatic heterocycles. The fourth-order valence-electron chi connectivity index (χ4n) is 3.50. The zero-order valence-corrected chi connectivity index (χ0v) is 19.1. The van der Waals surface area contributed by atoms with Crippen LogP contribution in [-0.2, 0) is 9.53 Å². The summed E-state index contributed by atoms with van der Waals surface area (Å²) in [6, 6.07) is 14.1. The SMILES string of the molecule is CC(=O)NCC1CN(c2ccc(-c3cc(C)nc(C)c3)c(F)c2)C(=O)O1.Nc1cccc(F)c1. The molecule has 1 unspecified atom stereocenters. The Balaban J connectivity index is 0.000000343. The number of ether oxygens (including phenoxy) is 1. The van der Waals surface area contributed by atoms with Crippen LogP contribution in [0.15, 0.2) is 54.6 Å². The molecule has 1 aliphatic rings. The highest BCUT2D eigenvalue weighted by Crippen LogP contribution is 2.29. The van der Waals surface area contributed by atoms with Gasteiger partial charge < -0.3 is 15.8 Å². The number of nitrogens with two attached hydrogens (primary N) is 1. The van der Waals surface area contributed by atoms with Crippen LogP contribution in [0.2, 0.25) is 0 Å². The van der Waals surface area contributed by atoms with E-state index < -0.39 is 18.0 Å². The highest BCUT2D eigenvalue weighted by atomic mass is 19.1. The highest BCUT2D eigenvalue weighted by molar-refractivity contribution is 5.90. The molecule has 1 fully saturated rings. The first kappa shape index (κ1) is 24.6. The van der Waals surface area contributed by atoms with Crippen molar-refractivity contribution >= 4 is 23.4 Å². The van der Waals surface area contributed by atoms with E-state index in [-0.39, 0.29) is 24.8 Å². The molecule has 9 heteroatoms. The van der Waals surface area contributed by atoms with Crippen molar-refractivity contribution in [3.05, 3.63) is 77.6 Å². The van der Waals surface area contributed by atoms with Crippen LogP contribution in [0.1, 0.15) is 18.3 Å². The first-order chi connectivity index (χ1) is 16.1. The Morgan fingerprint density at radius 3 is 2.41 bits per heavy atom. The molecule has 7 nitrogen and oxygen atoms in total. The van der Waals surface area contributed by atoms with Crippen LogP contribution in [0.25, 0.3) is 11.1 Å². The van der Waals surface area contributed by atoms with Gasteiger partial charge in [-0.1, -0.05) is 6.07 Å². The van der Waals surface area contributed by atoms with Gasteiger partial charge in [0.1, 0.15) is 17.7 Å². The Morgan fingerprint density at radius 2 is 1.85 bits per heavy atom. The number of pyridine rings is 1. The minimum atomic E-state index is -0.553. The summed E-state index contributed by atoms with van der Waals surface area (Å²) in [6.45, 7) is 5.60. The lowest BCUT2D eigenvalue weighted by Gasteiger charge is -2.15. The number of nitrogen functional groups attached to an aromatic ring is 1. The second kappa shape index (κ2) is 10.7. The summed E-state index contributed by atoms with van der Waals surface area (Å²) < 4.78 is 32.0. The van der Waals surface area contributed by atoms with Gasteiger partial charge in [0.15, 0.2) is 0 Å². The van der Waals surface area contributed by atoms with Crippen molar-refractivity contribution < 1.29 is 23.1 Å². The van der Waals surface area contributed by atoms with Gasteiger partial charge in [-0.2, -0.15) is 0 Å². The van der Waals surface area contributed by atoms with Crippen LogP contribution in [0, 0.1) is 25.5 Å². The smallest absolute Gasteiger partial charge is 0.414 e. The van der Waals surface area contributed by atoms with E-state index in [2.05, 4.69) is 10.3 Å². The number of nitrogens with zero attached hydrogens (tertiary/aromatic N) is 2. The summed E-state index contributed by atoms with van der Waals surface area (Å²) >= 11 is 0. The third-order valence-corrected chi connectivity index (χ3v) is 4.96. The Kier molecular flexibility index (Phi) is 7.78. The molecule has 0 radical (unpaired) electrons. The maximum Gasteiger partial charge on any atom is 0.414 e. The first-order valence-electron chi connectivity index (χ1n) is 10.6. The average molecular weight is 469 g/mol. The third-order valence-electron chi connectivity index (χ3n) is 4.96. The van der Waals surface area contributed by atoms with Crippen molar-refractivity contribution in [2.24, 2.45) is 0 Å². The van der Waals surface area contributed by atoms with E-state index in [0.29, 0.717) is 16.9 Å². The van der Waals surface area contributed by atoms with Crippen LogP contribution in [0.4, 0.5) is 25.0 Å². The zero-order chi connectivity index (χ0) is 24.8. The number of hydrogen-bond acceptors (Lipinski definition) is 5. The molecule has 34 heavy (non-hydrogen) atoms. The third kappa shape index (κ3) is 6.50. The van der Waals surface area contributed by atoms with Gasteiger partial charge in [-0.15, -0.1) is 0 Å². The number of hydrogen-bond donors (Lipinski definition) is 2. The summed E-state index contributed by atoms with van der Waals surface area (Å²) in [5.41, 5.74) is 8.92.